The van der Waals surface area contributed by atoms with Crippen LogP contribution in [0, 0.1) is 0 Å². The van der Waals surface area contributed by atoms with Crippen LogP contribution in [0.15, 0.2) is 36.5 Å². The number of carboxylic acid groups (broad SMARTS) is 1. The lowest BCUT2D eigenvalue weighted by atomic mass is 10.3. The van der Waals surface area contributed by atoms with E-state index in [1.165, 1.54) is 10.9 Å². The summed E-state index contributed by atoms with van der Waals surface area (Å²) in [6.07, 6.45) is 1.42. The van der Waals surface area contributed by atoms with Crippen LogP contribution in [0.1, 0.15) is 17.4 Å². The van der Waals surface area contributed by atoms with Gasteiger partial charge in [0.1, 0.15) is 5.75 Å². The Morgan fingerprint density at radius 1 is 1.41 bits per heavy atom. The molecular formula is C12H12N2O3. The van der Waals surface area contributed by atoms with Gasteiger partial charge in [0.2, 0.25) is 0 Å². The van der Waals surface area contributed by atoms with Crippen LogP contribution in [-0.4, -0.2) is 20.9 Å². The number of para-hydroxylation sites is 1. The van der Waals surface area contributed by atoms with Gasteiger partial charge in [-0.15, -0.1) is 0 Å². The Morgan fingerprint density at radius 3 is 2.71 bits per heavy atom. The molecule has 0 unspecified atom stereocenters. The van der Waals surface area contributed by atoms with Gasteiger partial charge < -0.3 is 9.84 Å². The zero-order chi connectivity index (χ0) is 12.3. The molecule has 0 saturated heterocycles. The molecule has 1 heterocycles. The number of ether oxygens (including phenoxy) is 1. The number of rotatable bonds is 4. The van der Waals surface area contributed by atoms with Crippen molar-refractivity contribution in [2.24, 2.45) is 0 Å². The van der Waals surface area contributed by atoms with E-state index in [9.17, 15) is 4.79 Å². The maximum Gasteiger partial charge on any atom is 0.358 e. The number of hydrogen-bond acceptors (Lipinski definition) is 3. The second-order valence-electron chi connectivity index (χ2n) is 3.39. The Balaban J connectivity index is 2.33. The SMILES string of the molecule is CCn1ncc(Oc2ccccc2)c1C(=O)O. The number of aryl methyl sites for hydroxylation is 1. The van der Waals surface area contributed by atoms with E-state index in [4.69, 9.17) is 9.84 Å². The third-order valence-electron chi connectivity index (χ3n) is 2.28. The van der Waals surface area contributed by atoms with E-state index >= 15 is 0 Å². The van der Waals surface area contributed by atoms with E-state index in [-0.39, 0.29) is 11.4 Å². The van der Waals surface area contributed by atoms with Crippen molar-refractivity contribution in [1.82, 2.24) is 9.78 Å². The molecule has 2 rings (SSSR count). The summed E-state index contributed by atoms with van der Waals surface area (Å²) in [7, 11) is 0. The number of carbonyl (C=O) groups is 1. The molecule has 1 aromatic carbocycles. The fourth-order valence-corrected chi connectivity index (χ4v) is 1.51. The van der Waals surface area contributed by atoms with Gasteiger partial charge >= 0.3 is 5.97 Å². The average molecular weight is 232 g/mol. The Hall–Kier alpha value is -2.30. The summed E-state index contributed by atoms with van der Waals surface area (Å²) in [5.74, 6) is -0.202. The average Bonchev–Trinajstić information content (AvgIpc) is 2.73. The summed E-state index contributed by atoms with van der Waals surface area (Å²) < 4.78 is 6.88. The fraction of sp³-hybridized carbons (Fsp3) is 0.167. The van der Waals surface area contributed by atoms with Crippen LogP contribution in [0.3, 0.4) is 0 Å². The van der Waals surface area contributed by atoms with Crippen LogP contribution in [0.5, 0.6) is 11.5 Å². The first kappa shape index (κ1) is 11.2. The molecule has 2 aromatic rings. The van der Waals surface area contributed by atoms with E-state index < -0.39 is 5.97 Å². The van der Waals surface area contributed by atoms with Crippen LogP contribution in [-0.2, 0) is 6.54 Å². The molecule has 0 saturated carbocycles. The highest BCUT2D eigenvalue weighted by Gasteiger charge is 2.18. The molecule has 1 aromatic heterocycles. The van der Waals surface area contributed by atoms with Crippen molar-refractivity contribution in [3.05, 3.63) is 42.2 Å². The highest BCUT2D eigenvalue weighted by Crippen LogP contribution is 2.24. The molecule has 0 aliphatic carbocycles. The number of hydrogen-bond donors (Lipinski definition) is 1. The van der Waals surface area contributed by atoms with Crippen molar-refractivity contribution >= 4 is 5.97 Å². The predicted octanol–water partition coefficient (Wildman–Crippen LogP) is 2.39. The first-order valence-electron chi connectivity index (χ1n) is 5.24. The molecule has 0 bridgehead atoms. The van der Waals surface area contributed by atoms with Crippen molar-refractivity contribution in [2.45, 2.75) is 13.5 Å². The Morgan fingerprint density at radius 2 is 2.12 bits per heavy atom. The first-order chi connectivity index (χ1) is 8.22. The van der Waals surface area contributed by atoms with Crippen molar-refractivity contribution in [3.63, 3.8) is 0 Å². The van der Waals surface area contributed by atoms with Crippen molar-refractivity contribution < 1.29 is 14.6 Å². The summed E-state index contributed by atoms with van der Waals surface area (Å²) in [4.78, 5) is 11.1. The lowest BCUT2D eigenvalue weighted by Gasteiger charge is -2.05. The molecule has 0 radical (unpaired) electrons. The van der Waals surface area contributed by atoms with Crippen LogP contribution >= 0.6 is 0 Å². The lowest BCUT2D eigenvalue weighted by Crippen LogP contribution is -2.09. The topological polar surface area (TPSA) is 64.4 Å². The highest BCUT2D eigenvalue weighted by molar-refractivity contribution is 5.88. The van der Waals surface area contributed by atoms with Gasteiger partial charge in [0.25, 0.3) is 0 Å². The Labute approximate surface area is 98.3 Å². The molecular weight excluding hydrogens is 220 g/mol. The summed E-state index contributed by atoms with van der Waals surface area (Å²) in [5.41, 5.74) is 0.0661. The molecule has 0 atom stereocenters. The second kappa shape index (κ2) is 4.69. The summed E-state index contributed by atoms with van der Waals surface area (Å²) in [6, 6.07) is 9.02. The van der Waals surface area contributed by atoms with E-state index in [0.717, 1.165) is 0 Å². The minimum absolute atomic E-state index is 0.0661. The molecule has 0 aliphatic rings. The maximum atomic E-state index is 11.1. The van der Waals surface area contributed by atoms with Crippen LogP contribution in [0.4, 0.5) is 0 Å². The smallest absolute Gasteiger partial charge is 0.358 e. The van der Waals surface area contributed by atoms with E-state index in [1.807, 2.05) is 25.1 Å². The first-order valence-corrected chi connectivity index (χ1v) is 5.24. The molecule has 5 heteroatoms. The summed E-state index contributed by atoms with van der Waals surface area (Å²) in [5, 5.41) is 13.1. The summed E-state index contributed by atoms with van der Waals surface area (Å²) in [6.45, 7) is 2.31. The Bertz CT molecular complexity index is 520. The van der Waals surface area contributed by atoms with Gasteiger partial charge in [-0.05, 0) is 19.1 Å². The quantitative estimate of drug-likeness (QED) is 0.879. The monoisotopic (exact) mass is 232 g/mol. The van der Waals surface area contributed by atoms with Crippen LogP contribution in [0.25, 0.3) is 0 Å². The summed E-state index contributed by atoms with van der Waals surface area (Å²) >= 11 is 0. The number of carboxylic acids is 1. The van der Waals surface area contributed by atoms with Gasteiger partial charge in [0.15, 0.2) is 11.4 Å². The van der Waals surface area contributed by atoms with Gasteiger partial charge in [-0.3, -0.25) is 4.68 Å². The molecule has 0 spiro atoms. The largest absolute Gasteiger partial charge is 0.476 e. The number of benzene rings is 1. The van der Waals surface area contributed by atoms with Gasteiger partial charge in [-0.25, -0.2) is 4.79 Å². The fourth-order valence-electron chi connectivity index (χ4n) is 1.51. The number of aromatic carboxylic acids is 1. The standard InChI is InChI=1S/C12H12N2O3/c1-2-14-11(12(15)16)10(8-13-14)17-9-6-4-3-5-7-9/h3-8H,2H2,1H3,(H,15,16). The maximum absolute atomic E-state index is 11.1. The molecule has 5 nitrogen and oxygen atoms in total. The molecule has 0 aliphatic heterocycles. The van der Waals surface area contributed by atoms with E-state index in [1.54, 1.807) is 12.1 Å². The zero-order valence-corrected chi connectivity index (χ0v) is 9.33. The molecule has 17 heavy (non-hydrogen) atoms. The number of aromatic nitrogens is 2. The van der Waals surface area contributed by atoms with Crippen LogP contribution < -0.4 is 4.74 Å². The Kier molecular flexibility index (Phi) is 3.09. The van der Waals surface area contributed by atoms with Gasteiger partial charge in [-0.2, -0.15) is 5.10 Å². The third-order valence-corrected chi connectivity index (χ3v) is 2.28. The van der Waals surface area contributed by atoms with Crippen molar-refractivity contribution in [3.8, 4) is 11.5 Å². The molecule has 1 N–H and O–H groups in total. The predicted molar refractivity (Wildman–Crippen MR) is 61.4 cm³/mol. The van der Waals surface area contributed by atoms with Gasteiger partial charge in [0, 0.05) is 6.54 Å². The minimum Gasteiger partial charge on any atom is -0.476 e. The molecule has 0 amide bonds. The van der Waals surface area contributed by atoms with Crippen molar-refractivity contribution in [1.29, 1.82) is 0 Å². The van der Waals surface area contributed by atoms with Gasteiger partial charge in [0.05, 0.1) is 6.20 Å². The van der Waals surface area contributed by atoms with E-state index in [0.29, 0.717) is 12.3 Å². The minimum atomic E-state index is -1.05. The lowest BCUT2D eigenvalue weighted by molar-refractivity contribution is 0.0680. The third kappa shape index (κ3) is 2.28. The van der Waals surface area contributed by atoms with Gasteiger partial charge in [-0.1, -0.05) is 18.2 Å². The highest BCUT2D eigenvalue weighted by atomic mass is 16.5. The number of nitrogens with zero attached hydrogens (tertiary/aromatic N) is 2. The zero-order valence-electron chi connectivity index (χ0n) is 9.33. The van der Waals surface area contributed by atoms with E-state index in [2.05, 4.69) is 5.10 Å². The van der Waals surface area contributed by atoms with Crippen LogP contribution in [0.2, 0.25) is 0 Å². The molecule has 0 fully saturated rings. The normalized spacial score (nSPS) is 10.2. The van der Waals surface area contributed by atoms with Crippen molar-refractivity contribution in [2.75, 3.05) is 0 Å². The molecule has 88 valence electrons. The second-order valence-corrected chi connectivity index (χ2v) is 3.39.